The molecular weight excluding hydrogens is 347 g/mol. The van der Waals surface area contributed by atoms with Crippen molar-refractivity contribution < 1.29 is 22.8 Å². The summed E-state index contributed by atoms with van der Waals surface area (Å²) < 4.78 is 40.3. The van der Waals surface area contributed by atoms with Gasteiger partial charge in [-0.2, -0.15) is 0 Å². The molecule has 0 unspecified atom stereocenters. The van der Waals surface area contributed by atoms with Crippen molar-refractivity contribution in [2.45, 2.75) is 26.3 Å². The summed E-state index contributed by atoms with van der Waals surface area (Å²) >= 11 is 0. The number of hydrogen-bond donors (Lipinski definition) is 1. The van der Waals surface area contributed by atoms with Crippen molar-refractivity contribution in [2.24, 2.45) is 5.92 Å². The molecular formula is C18H24F3N3O2. The van der Waals surface area contributed by atoms with Crippen LogP contribution in [0.25, 0.3) is 0 Å². The maximum atomic E-state index is 13.8. The van der Waals surface area contributed by atoms with E-state index in [1.807, 2.05) is 20.9 Å². The van der Waals surface area contributed by atoms with Crippen molar-refractivity contribution in [3.8, 4) is 0 Å². The maximum absolute atomic E-state index is 13.8. The van der Waals surface area contributed by atoms with Gasteiger partial charge < -0.3 is 15.1 Å². The lowest BCUT2D eigenvalue weighted by atomic mass is 10.0. The van der Waals surface area contributed by atoms with Crippen LogP contribution < -0.4 is 5.32 Å². The normalized spacial score (nSPS) is 16.7. The minimum atomic E-state index is -1.71. The Hall–Kier alpha value is -2.09. The highest BCUT2D eigenvalue weighted by molar-refractivity contribution is 5.97. The first kappa shape index (κ1) is 20.2. The molecule has 8 heteroatoms. The Kier molecular flexibility index (Phi) is 6.63. The van der Waals surface area contributed by atoms with Gasteiger partial charge in [-0.15, -0.1) is 0 Å². The number of benzene rings is 1. The smallest absolute Gasteiger partial charge is 0.255 e. The highest BCUT2D eigenvalue weighted by atomic mass is 19.2. The third-order valence-corrected chi connectivity index (χ3v) is 4.41. The average Bonchev–Trinajstić information content (AvgIpc) is 2.58. The highest BCUT2D eigenvalue weighted by Gasteiger charge is 2.30. The molecule has 0 aromatic heterocycles. The van der Waals surface area contributed by atoms with E-state index in [-0.39, 0.29) is 11.8 Å². The molecule has 1 saturated heterocycles. The van der Waals surface area contributed by atoms with Crippen LogP contribution in [0.1, 0.15) is 30.6 Å². The Balaban J connectivity index is 2.15. The topological polar surface area (TPSA) is 52.7 Å². The van der Waals surface area contributed by atoms with Crippen LogP contribution in [0.3, 0.4) is 0 Å². The molecule has 0 radical (unpaired) electrons. The summed E-state index contributed by atoms with van der Waals surface area (Å²) in [6, 6.07) is 0.710. The van der Waals surface area contributed by atoms with Crippen LogP contribution in [0.5, 0.6) is 0 Å². The molecule has 0 aliphatic carbocycles. The molecule has 1 heterocycles. The first-order valence-electron chi connectivity index (χ1n) is 8.62. The van der Waals surface area contributed by atoms with Gasteiger partial charge in [0.1, 0.15) is 6.04 Å². The highest BCUT2D eigenvalue weighted by Crippen LogP contribution is 2.16. The zero-order chi connectivity index (χ0) is 19.4. The monoisotopic (exact) mass is 371 g/mol. The molecule has 2 rings (SSSR count). The number of carbonyl (C=O) groups is 2. The van der Waals surface area contributed by atoms with Gasteiger partial charge in [-0.05, 0) is 31.5 Å². The van der Waals surface area contributed by atoms with Crippen LogP contribution in [0, 0.1) is 23.4 Å². The Bertz CT molecular complexity index is 674. The van der Waals surface area contributed by atoms with E-state index in [1.54, 1.807) is 4.90 Å². The summed E-state index contributed by atoms with van der Waals surface area (Å²) in [5.41, 5.74) is -0.621. The van der Waals surface area contributed by atoms with Gasteiger partial charge in [-0.3, -0.25) is 9.59 Å². The molecule has 5 nitrogen and oxygen atoms in total. The van der Waals surface area contributed by atoms with Gasteiger partial charge in [0.15, 0.2) is 17.5 Å². The fourth-order valence-electron chi connectivity index (χ4n) is 2.88. The van der Waals surface area contributed by atoms with Crippen LogP contribution in [0.2, 0.25) is 0 Å². The van der Waals surface area contributed by atoms with Crippen molar-refractivity contribution in [1.82, 2.24) is 15.1 Å². The van der Waals surface area contributed by atoms with Gasteiger partial charge in [-0.25, -0.2) is 13.2 Å². The number of halogens is 3. The van der Waals surface area contributed by atoms with E-state index in [1.165, 1.54) is 0 Å². The number of likely N-dealkylation sites (N-methyl/N-ethyl adjacent to an activating group) is 1. The molecule has 1 N–H and O–H groups in total. The van der Waals surface area contributed by atoms with E-state index < -0.39 is 35.0 Å². The van der Waals surface area contributed by atoms with E-state index in [0.29, 0.717) is 25.6 Å². The Labute approximate surface area is 151 Å². The summed E-state index contributed by atoms with van der Waals surface area (Å²) in [6.07, 6.45) is 0.363. The second-order valence-electron chi connectivity index (χ2n) is 7.01. The van der Waals surface area contributed by atoms with Gasteiger partial charge in [0.2, 0.25) is 5.91 Å². The van der Waals surface area contributed by atoms with Gasteiger partial charge in [0.05, 0.1) is 5.56 Å². The fraction of sp³-hybridized carbons (Fsp3) is 0.556. The summed E-state index contributed by atoms with van der Waals surface area (Å²) in [4.78, 5) is 28.9. The number of amides is 2. The van der Waals surface area contributed by atoms with Crippen LogP contribution in [-0.4, -0.2) is 60.9 Å². The van der Waals surface area contributed by atoms with E-state index in [2.05, 4.69) is 10.2 Å². The number of piperazine rings is 1. The van der Waals surface area contributed by atoms with Gasteiger partial charge in [0, 0.05) is 26.2 Å². The Morgan fingerprint density at radius 3 is 2.27 bits per heavy atom. The molecule has 1 aliphatic heterocycles. The molecule has 1 aromatic rings. The number of nitrogens with zero attached hydrogens (tertiary/aromatic N) is 2. The van der Waals surface area contributed by atoms with E-state index in [4.69, 9.17) is 0 Å². The second-order valence-corrected chi connectivity index (χ2v) is 7.01. The third kappa shape index (κ3) is 4.75. The van der Waals surface area contributed by atoms with Crippen LogP contribution >= 0.6 is 0 Å². The molecule has 1 atom stereocenters. The predicted octanol–water partition coefficient (Wildman–Crippen LogP) is 2.02. The Morgan fingerprint density at radius 2 is 1.69 bits per heavy atom. The molecule has 144 valence electrons. The lowest BCUT2D eigenvalue weighted by Crippen LogP contribution is -2.54. The van der Waals surface area contributed by atoms with Crippen molar-refractivity contribution >= 4 is 11.8 Å². The molecule has 0 bridgehead atoms. The first-order chi connectivity index (χ1) is 12.2. The van der Waals surface area contributed by atoms with Gasteiger partial charge in [0.25, 0.3) is 5.91 Å². The quantitative estimate of drug-likeness (QED) is 0.806. The zero-order valence-electron chi connectivity index (χ0n) is 15.2. The van der Waals surface area contributed by atoms with Crippen molar-refractivity contribution in [1.29, 1.82) is 0 Å². The summed E-state index contributed by atoms with van der Waals surface area (Å²) in [5, 5.41) is 2.49. The Morgan fingerprint density at radius 1 is 1.08 bits per heavy atom. The second kappa shape index (κ2) is 8.53. The molecule has 0 saturated carbocycles. The van der Waals surface area contributed by atoms with Crippen molar-refractivity contribution in [3.63, 3.8) is 0 Å². The lowest BCUT2D eigenvalue weighted by molar-refractivity contribution is -0.135. The lowest BCUT2D eigenvalue weighted by Gasteiger charge is -2.35. The molecule has 1 aliphatic rings. The predicted molar refractivity (Wildman–Crippen MR) is 91.1 cm³/mol. The SMILES string of the molecule is CC(C)C[C@@H](NC(=O)c1ccc(F)c(F)c1F)C(=O)N1CCN(C)CC1. The van der Waals surface area contributed by atoms with Crippen LogP contribution in [0.15, 0.2) is 12.1 Å². The summed E-state index contributed by atoms with van der Waals surface area (Å²) in [6.45, 7) is 6.33. The standard InChI is InChI=1S/C18H24F3N3O2/c1-11(2)10-14(18(26)24-8-6-23(3)7-9-24)22-17(25)12-4-5-13(19)16(21)15(12)20/h4-5,11,14H,6-10H2,1-3H3,(H,22,25)/t14-/m1/s1. The van der Waals surface area contributed by atoms with Crippen LogP contribution in [0.4, 0.5) is 13.2 Å². The van der Waals surface area contributed by atoms with Crippen LogP contribution in [-0.2, 0) is 4.79 Å². The molecule has 1 fully saturated rings. The molecule has 26 heavy (non-hydrogen) atoms. The maximum Gasteiger partial charge on any atom is 0.255 e. The average molecular weight is 371 g/mol. The number of carbonyl (C=O) groups excluding carboxylic acids is 2. The van der Waals surface area contributed by atoms with Gasteiger partial charge in [-0.1, -0.05) is 13.8 Å². The number of rotatable bonds is 5. The van der Waals surface area contributed by atoms with E-state index in [9.17, 15) is 22.8 Å². The number of hydrogen-bond acceptors (Lipinski definition) is 3. The van der Waals surface area contributed by atoms with Crippen molar-refractivity contribution in [2.75, 3.05) is 33.2 Å². The fourth-order valence-corrected chi connectivity index (χ4v) is 2.88. The minimum Gasteiger partial charge on any atom is -0.340 e. The first-order valence-corrected chi connectivity index (χ1v) is 8.62. The van der Waals surface area contributed by atoms with E-state index >= 15 is 0 Å². The largest absolute Gasteiger partial charge is 0.340 e. The minimum absolute atomic E-state index is 0.103. The zero-order valence-corrected chi connectivity index (χ0v) is 15.2. The molecule has 1 aromatic carbocycles. The van der Waals surface area contributed by atoms with Crippen molar-refractivity contribution in [3.05, 3.63) is 35.1 Å². The number of nitrogens with one attached hydrogen (secondary N) is 1. The summed E-state index contributed by atoms with van der Waals surface area (Å²) in [5.74, 6) is -5.71. The van der Waals surface area contributed by atoms with E-state index in [0.717, 1.165) is 19.2 Å². The third-order valence-electron chi connectivity index (χ3n) is 4.41. The molecule has 0 spiro atoms. The van der Waals surface area contributed by atoms with Gasteiger partial charge >= 0.3 is 0 Å². The summed E-state index contributed by atoms with van der Waals surface area (Å²) in [7, 11) is 1.96. The molecule has 2 amide bonds.